The molecule has 1 aliphatic carbocycles. The van der Waals surface area contributed by atoms with Crippen LogP contribution in [0.5, 0.6) is 0 Å². The Hall–Kier alpha value is -2.77. The molecule has 1 aliphatic heterocycles. The van der Waals surface area contributed by atoms with E-state index in [2.05, 4.69) is 33.4 Å². The molecule has 7 heteroatoms. The van der Waals surface area contributed by atoms with Crippen LogP contribution in [0.1, 0.15) is 29.3 Å². The van der Waals surface area contributed by atoms with Gasteiger partial charge < -0.3 is 15.0 Å². The number of morpholine rings is 1. The number of hydrogen-bond acceptors (Lipinski definition) is 6. The van der Waals surface area contributed by atoms with Crippen LogP contribution in [0.2, 0.25) is 0 Å². The quantitative estimate of drug-likeness (QED) is 0.617. The van der Waals surface area contributed by atoms with Crippen molar-refractivity contribution in [2.45, 2.75) is 25.3 Å². The van der Waals surface area contributed by atoms with Gasteiger partial charge in [0.05, 0.1) is 34.4 Å². The number of thiazole rings is 1. The Kier molecular flexibility index (Phi) is 5.95. The van der Waals surface area contributed by atoms with Crippen molar-refractivity contribution in [2.75, 3.05) is 31.2 Å². The minimum atomic E-state index is -0.0915. The number of nitrogens with zero attached hydrogens (tertiary/aromatic N) is 3. The van der Waals surface area contributed by atoms with Crippen molar-refractivity contribution in [1.82, 2.24) is 15.3 Å². The molecule has 2 atom stereocenters. The third-order valence-corrected chi connectivity index (χ3v) is 7.18. The molecule has 0 bridgehead atoms. The van der Waals surface area contributed by atoms with Gasteiger partial charge in [-0.25, -0.2) is 9.97 Å². The number of allylic oxidation sites excluding steroid dienone is 2. The second-order valence-electron chi connectivity index (χ2n) is 8.02. The molecule has 160 valence electrons. The van der Waals surface area contributed by atoms with Gasteiger partial charge in [-0.2, -0.15) is 0 Å². The maximum atomic E-state index is 13.1. The predicted molar refractivity (Wildman–Crippen MR) is 123 cm³/mol. The second-order valence-corrected chi connectivity index (χ2v) is 9.08. The van der Waals surface area contributed by atoms with Gasteiger partial charge >= 0.3 is 0 Å². The summed E-state index contributed by atoms with van der Waals surface area (Å²) in [5.41, 5.74) is 2.02. The number of anilines is 1. The van der Waals surface area contributed by atoms with Gasteiger partial charge in [-0.3, -0.25) is 4.79 Å². The van der Waals surface area contributed by atoms with E-state index in [4.69, 9.17) is 9.72 Å². The van der Waals surface area contributed by atoms with Crippen molar-refractivity contribution in [1.29, 1.82) is 0 Å². The minimum Gasteiger partial charge on any atom is -0.378 e. The first-order chi connectivity index (χ1) is 15.3. The summed E-state index contributed by atoms with van der Waals surface area (Å²) in [6.45, 7) is 3.70. The van der Waals surface area contributed by atoms with E-state index >= 15 is 0 Å². The highest BCUT2D eigenvalue weighted by Gasteiger charge is 2.32. The van der Waals surface area contributed by atoms with E-state index in [1.165, 1.54) is 4.70 Å². The van der Waals surface area contributed by atoms with Crippen molar-refractivity contribution in [3.63, 3.8) is 0 Å². The number of aromatic nitrogens is 2. The molecule has 6 nitrogen and oxygen atoms in total. The largest absolute Gasteiger partial charge is 0.378 e. The zero-order chi connectivity index (χ0) is 21.0. The van der Waals surface area contributed by atoms with Gasteiger partial charge in [-0.05, 0) is 36.6 Å². The zero-order valence-electron chi connectivity index (χ0n) is 17.4. The van der Waals surface area contributed by atoms with Crippen LogP contribution in [-0.2, 0) is 16.1 Å². The summed E-state index contributed by atoms with van der Waals surface area (Å²) in [5, 5.41) is 4.19. The average Bonchev–Trinajstić information content (AvgIpc) is 3.28. The molecule has 1 N–H and O–H groups in total. The third-order valence-electron chi connectivity index (χ3n) is 6.01. The molecular formula is C24H26N4O2S. The lowest BCUT2D eigenvalue weighted by Crippen LogP contribution is -2.36. The Morgan fingerprint density at radius 1 is 1.13 bits per heavy atom. The number of benzene rings is 1. The van der Waals surface area contributed by atoms with E-state index in [9.17, 15) is 4.79 Å². The molecule has 5 rings (SSSR count). The fraction of sp³-hybridized carbons (Fsp3) is 0.375. The van der Waals surface area contributed by atoms with Gasteiger partial charge in [0.1, 0.15) is 5.82 Å². The van der Waals surface area contributed by atoms with Crippen LogP contribution in [0.4, 0.5) is 5.82 Å². The molecule has 0 saturated carbocycles. The summed E-state index contributed by atoms with van der Waals surface area (Å²) in [7, 11) is 0. The van der Waals surface area contributed by atoms with Gasteiger partial charge in [-0.1, -0.05) is 30.4 Å². The Morgan fingerprint density at radius 2 is 1.97 bits per heavy atom. The molecule has 2 aromatic heterocycles. The molecule has 2 unspecified atom stereocenters. The van der Waals surface area contributed by atoms with E-state index < -0.39 is 0 Å². The third kappa shape index (κ3) is 4.48. The van der Waals surface area contributed by atoms with Gasteiger partial charge in [-0.15, -0.1) is 11.3 Å². The van der Waals surface area contributed by atoms with Crippen LogP contribution in [0.15, 0.2) is 54.7 Å². The fourth-order valence-electron chi connectivity index (χ4n) is 4.25. The molecule has 1 aromatic carbocycles. The maximum Gasteiger partial charge on any atom is 0.224 e. The van der Waals surface area contributed by atoms with Crippen molar-refractivity contribution < 1.29 is 9.53 Å². The van der Waals surface area contributed by atoms with E-state index in [1.54, 1.807) is 11.3 Å². The Morgan fingerprint density at radius 3 is 2.77 bits per heavy atom. The summed E-state index contributed by atoms with van der Waals surface area (Å²) in [5.74, 6) is 1.09. The number of carbonyl (C=O) groups excluding carboxylic acids is 1. The van der Waals surface area contributed by atoms with E-state index in [0.29, 0.717) is 6.54 Å². The molecule has 1 saturated heterocycles. The molecule has 0 spiro atoms. The van der Waals surface area contributed by atoms with Crippen molar-refractivity contribution >= 4 is 33.3 Å². The summed E-state index contributed by atoms with van der Waals surface area (Å²) in [6, 6.07) is 12.3. The smallest absolute Gasteiger partial charge is 0.224 e. The van der Waals surface area contributed by atoms with E-state index in [1.807, 2.05) is 36.5 Å². The number of amides is 1. The predicted octanol–water partition coefficient (Wildman–Crippen LogP) is 3.89. The first-order valence-corrected chi connectivity index (χ1v) is 11.7. The summed E-state index contributed by atoms with van der Waals surface area (Å²) >= 11 is 1.71. The minimum absolute atomic E-state index is 0.0888. The van der Waals surface area contributed by atoms with Crippen LogP contribution >= 0.6 is 11.3 Å². The molecule has 31 heavy (non-hydrogen) atoms. The highest BCUT2D eigenvalue weighted by molar-refractivity contribution is 7.18. The van der Waals surface area contributed by atoms with Crippen LogP contribution in [-0.4, -0.2) is 42.2 Å². The monoisotopic (exact) mass is 434 g/mol. The van der Waals surface area contributed by atoms with Crippen LogP contribution < -0.4 is 10.2 Å². The number of fused-ring (bicyclic) bond motifs is 1. The lowest BCUT2D eigenvalue weighted by Gasteiger charge is -2.28. The number of ether oxygens (including phenoxy) is 1. The topological polar surface area (TPSA) is 67.4 Å². The lowest BCUT2D eigenvalue weighted by molar-refractivity contribution is -0.125. The SMILES string of the molecule is O=C(NCc1ccc(N2CCOCC2)nc1)C1CC=CCC1c1nc2ccccc2s1. The lowest BCUT2D eigenvalue weighted by atomic mass is 9.82. The maximum absolute atomic E-state index is 13.1. The Bertz CT molecular complexity index is 1040. The van der Waals surface area contributed by atoms with E-state index in [-0.39, 0.29) is 17.7 Å². The van der Waals surface area contributed by atoms with E-state index in [0.717, 1.165) is 61.1 Å². The molecule has 0 radical (unpaired) electrons. The highest BCUT2D eigenvalue weighted by Crippen LogP contribution is 2.38. The molecule has 2 aliphatic rings. The standard InChI is InChI=1S/C24H26N4O2S/c29-23(26-16-17-9-10-22(25-15-17)28-11-13-30-14-12-28)18-5-1-2-6-19(18)24-27-20-7-3-4-8-21(20)31-24/h1-4,7-10,15,18-19H,5-6,11-14,16H2,(H,26,29). The second kappa shape index (κ2) is 9.16. The summed E-state index contributed by atoms with van der Waals surface area (Å²) in [4.78, 5) is 24.7. The Labute approximate surface area is 186 Å². The number of nitrogens with one attached hydrogen (secondary N) is 1. The number of rotatable bonds is 5. The molecule has 3 heterocycles. The summed E-state index contributed by atoms with van der Waals surface area (Å²) < 4.78 is 6.58. The van der Waals surface area contributed by atoms with Gasteiger partial charge in [0.2, 0.25) is 5.91 Å². The highest BCUT2D eigenvalue weighted by atomic mass is 32.1. The van der Waals surface area contributed by atoms with Crippen molar-refractivity contribution in [2.24, 2.45) is 5.92 Å². The number of hydrogen-bond donors (Lipinski definition) is 1. The number of pyridine rings is 1. The average molecular weight is 435 g/mol. The van der Waals surface area contributed by atoms with Crippen LogP contribution in [0, 0.1) is 5.92 Å². The van der Waals surface area contributed by atoms with Crippen LogP contribution in [0.25, 0.3) is 10.2 Å². The first-order valence-electron chi connectivity index (χ1n) is 10.8. The van der Waals surface area contributed by atoms with Gasteiger partial charge in [0.15, 0.2) is 0 Å². The molecule has 1 fully saturated rings. The normalized spacial score (nSPS) is 21.4. The van der Waals surface area contributed by atoms with Crippen molar-refractivity contribution in [3.8, 4) is 0 Å². The molecular weight excluding hydrogens is 408 g/mol. The fourth-order valence-corrected chi connectivity index (χ4v) is 5.39. The van der Waals surface area contributed by atoms with Crippen LogP contribution in [0.3, 0.4) is 0 Å². The van der Waals surface area contributed by atoms with Gasteiger partial charge in [0.25, 0.3) is 0 Å². The molecule has 1 amide bonds. The number of para-hydroxylation sites is 1. The summed E-state index contributed by atoms with van der Waals surface area (Å²) in [6.07, 6.45) is 7.76. The Balaban J connectivity index is 1.24. The van der Waals surface area contributed by atoms with Gasteiger partial charge in [0, 0.05) is 31.7 Å². The molecule has 3 aromatic rings. The van der Waals surface area contributed by atoms with Crippen molar-refractivity contribution in [3.05, 3.63) is 65.3 Å². The number of carbonyl (C=O) groups is 1. The first kappa shape index (κ1) is 20.2. The zero-order valence-corrected chi connectivity index (χ0v) is 18.2.